The second kappa shape index (κ2) is 5.44. The van der Waals surface area contributed by atoms with Gasteiger partial charge in [-0.25, -0.2) is 0 Å². The molecule has 0 spiro atoms. The number of pyridine rings is 1. The second-order valence-electron chi connectivity index (χ2n) is 5.76. The molecule has 2 saturated heterocycles. The third kappa shape index (κ3) is 2.51. The summed E-state index contributed by atoms with van der Waals surface area (Å²) in [6.45, 7) is 5.13. The number of carbonyl (C=O) groups excluding carboxylic acids is 2. The lowest BCUT2D eigenvalue weighted by Crippen LogP contribution is -2.56. The van der Waals surface area contributed by atoms with Crippen molar-refractivity contribution in [3.63, 3.8) is 0 Å². The van der Waals surface area contributed by atoms with E-state index in [1.165, 1.54) is 0 Å². The molecule has 0 aromatic carbocycles. The number of hydrogen-bond donors (Lipinski definition) is 0. The quantitative estimate of drug-likeness (QED) is 0.797. The number of fused-ring (bicyclic) bond motifs is 1. The normalized spacial score (nSPS) is 25.4. The van der Waals surface area contributed by atoms with Gasteiger partial charge in [-0.05, 0) is 26.0 Å². The predicted molar refractivity (Wildman–Crippen MR) is 75.7 cm³/mol. The zero-order valence-corrected chi connectivity index (χ0v) is 12.2. The molecule has 112 valence electrons. The van der Waals surface area contributed by atoms with Gasteiger partial charge in [-0.2, -0.15) is 0 Å². The fraction of sp³-hybridized carbons (Fsp3) is 0.533. The summed E-state index contributed by atoms with van der Waals surface area (Å²) in [6, 6.07) is 3.56. The van der Waals surface area contributed by atoms with Crippen LogP contribution in [-0.2, 0) is 9.53 Å². The summed E-state index contributed by atoms with van der Waals surface area (Å²) in [5, 5.41) is 0. The molecule has 2 unspecified atom stereocenters. The van der Waals surface area contributed by atoms with Crippen molar-refractivity contribution in [2.75, 3.05) is 19.7 Å². The largest absolute Gasteiger partial charge is 0.364 e. The molecule has 2 atom stereocenters. The first-order valence-electron chi connectivity index (χ1n) is 7.20. The first kappa shape index (κ1) is 14.0. The van der Waals surface area contributed by atoms with Crippen molar-refractivity contribution in [3.05, 3.63) is 30.1 Å². The molecule has 2 aliphatic rings. The molecule has 3 rings (SSSR count). The van der Waals surface area contributed by atoms with E-state index in [2.05, 4.69) is 4.98 Å². The van der Waals surface area contributed by atoms with Crippen LogP contribution in [0.15, 0.2) is 24.5 Å². The lowest BCUT2D eigenvalue weighted by molar-refractivity contribution is -0.155. The van der Waals surface area contributed by atoms with Gasteiger partial charge in [0.2, 0.25) is 5.91 Å². The van der Waals surface area contributed by atoms with E-state index < -0.39 is 0 Å². The van der Waals surface area contributed by atoms with Crippen molar-refractivity contribution in [2.24, 2.45) is 0 Å². The Morgan fingerprint density at radius 3 is 2.90 bits per heavy atom. The Labute approximate surface area is 123 Å². The van der Waals surface area contributed by atoms with E-state index >= 15 is 0 Å². The van der Waals surface area contributed by atoms with Crippen LogP contribution in [0, 0.1) is 0 Å². The number of nitrogens with zero attached hydrogens (tertiary/aromatic N) is 3. The van der Waals surface area contributed by atoms with Crippen molar-refractivity contribution in [1.82, 2.24) is 14.8 Å². The van der Waals surface area contributed by atoms with Crippen LogP contribution in [0.4, 0.5) is 0 Å². The highest BCUT2D eigenvalue weighted by molar-refractivity contribution is 5.94. The number of aromatic nitrogens is 1. The molecule has 6 heteroatoms. The Hall–Kier alpha value is -1.95. The first-order chi connectivity index (χ1) is 10.1. The Bertz CT molecular complexity index is 546. The summed E-state index contributed by atoms with van der Waals surface area (Å²) in [4.78, 5) is 32.1. The highest BCUT2D eigenvalue weighted by Gasteiger charge is 2.45. The van der Waals surface area contributed by atoms with Crippen molar-refractivity contribution >= 4 is 11.8 Å². The minimum Gasteiger partial charge on any atom is -0.364 e. The van der Waals surface area contributed by atoms with Gasteiger partial charge in [0.15, 0.2) is 0 Å². The van der Waals surface area contributed by atoms with Gasteiger partial charge in [-0.1, -0.05) is 0 Å². The van der Waals surface area contributed by atoms with Crippen molar-refractivity contribution in [3.8, 4) is 0 Å². The standard InChI is InChI=1S/C15H19N3O3/c1-10(2)18-12-7-17(8-13(12)21-9-14(18)19)15(20)11-4-3-5-16-6-11/h3-6,10,12-13H,7-9H2,1-2H3. The van der Waals surface area contributed by atoms with E-state index in [0.717, 1.165) is 0 Å². The third-order valence-corrected chi connectivity index (χ3v) is 4.06. The Morgan fingerprint density at radius 1 is 1.43 bits per heavy atom. The Balaban J connectivity index is 1.78. The predicted octanol–water partition coefficient (Wildman–Crippen LogP) is 0.542. The lowest BCUT2D eigenvalue weighted by Gasteiger charge is -2.39. The number of amides is 2. The van der Waals surface area contributed by atoms with E-state index in [-0.39, 0.29) is 36.6 Å². The molecular formula is C15H19N3O3. The summed E-state index contributed by atoms with van der Waals surface area (Å²) in [5.74, 6) is -0.0563. The SMILES string of the molecule is CC(C)N1C(=O)COC2CN(C(=O)c3cccnc3)CC21. The smallest absolute Gasteiger partial charge is 0.255 e. The number of carbonyl (C=O) groups is 2. The highest BCUT2D eigenvalue weighted by Crippen LogP contribution is 2.26. The average Bonchev–Trinajstić information content (AvgIpc) is 2.90. The van der Waals surface area contributed by atoms with Crippen molar-refractivity contribution in [1.29, 1.82) is 0 Å². The van der Waals surface area contributed by atoms with Crippen LogP contribution in [0.3, 0.4) is 0 Å². The van der Waals surface area contributed by atoms with Gasteiger partial charge >= 0.3 is 0 Å². The van der Waals surface area contributed by atoms with Crippen LogP contribution in [0.2, 0.25) is 0 Å². The summed E-state index contributed by atoms with van der Waals surface area (Å²) < 4.78 is 5.61. The molecule has 0 aliphatic carbocycles. The van der Waals surface area contributed by atoms with Gasteiger partial charge in [0, 0.05) is 31.5 Å². The fourth-order valence-electron chi connectivity index (χ4n) is 3.13. The molecule has 0 bridgehead atoms. The van der Waals surface area contributed by atoms with Crippen LogP contribution in [-0.4, -0.2) is 64.5 Å². The number of rotatable bonds is 2. The van der Waals surface area contributed by atoms with Crippen LogP contribution in [0.1, 0.15) is 24.2 Å². The topological polar surface area (TPSA) is 62.7 Å². The van der Waals surface area contributed by atoms with Crippen LogP contribution in [0.5, 0.6) is 0 Å². The summed E-state index contributed by atoms with van der Waals surface area (Å²) >= 11 is 0. The number of morpholine rings is 1. The minimum atomic E-state index is -0.0919. The van der Waals surface area contributed by atoms with Crippen LogP contribution < -0.4 is 0 Å². The summed E-state index contributed by atoms with van der Waals surface area (Å²) in [5.41, 5.74) is 0.568. The van der Waals surface area contributed by atoms with Crippen molar-refractivity contribution in [2.45, 2.75) is 32.0 Å². The van der Waals surface area contributed by atoms with Gasteiger partial charge in [0.25, 0.3) is 5.91 Å². The molecule has 2 fully saturated rings. The van der Waals surface area contributed by atoms with Crippen molar-refractivity contribution < 1.29 is 14.3 Å². The molecule has 0 saturated carbocycles. The van der Waals surface area contributed by atoms with E-state index in [1.54, 1.807) is 29.4 Å². The summed E-state index contributed by atoms with van der Waals surface area (Å²) in [7, 11) is 0. The minimum absolute atomic E-state index is 0.00178. The molecule has 2 amide bonds. The maximum atomic E-state index is 12.5. The molecule has 0 N–H and O–H groups in total. The molecule has 6 nitrogen and oxygen atoms in total. The molecule has 21 heavy (non-hydrogen) atoms. The van der Waals surface area contributed by atoms with E-state index in [0.29, 0.717) is 18.7 Å². The van der Waals surface area contributed by atoms with E-state index in [1.807, 2.05) is 18.7 Å². The molecule has 1 aromatic rings. The van der Waals surface area contributed by atoms with Gasteiger partial charge in [-0.3, -0.25) is 14.6 Å². The highest BCUT2D eigenvalue weighted by atomic mass is 16.5. The monoisotopic (exact) mass is 289 g/mol. The molecular weight excluding hydrogens is 270 g/mol. The fourth-order valence-corrected chi connectivity index (χ4v) is 3.13. The van der Waals surface area contributed by atoms with Gasteiger partial charge in [-0.15, -0.1) is 0 Å². The Morgan fingerprint density at radius 2 is 2.24 bits per heavy atom. The zero-order valence-electron chi connectivity index (χ0n) is 12.2. The van der Waals surface area contributed by atoms with Gasteiger partial charge < -0.3 is 14.5 Å². The van der Waals surface area contributed by atoms with E-state index in [4.69, 9.17) is 4.74 Å². The molecule has 3 heterocycles. The zero-order chi connectivity index (χ0) is 15.0. The van der Waals surface area contributed by atoms with Crippen LogP contribution in [0.25, 0.3) is 0 Å². The first-order valence-corrected chi connectivity index (χ1v) is 7.20. The maximum Gasteiger partial charge on any atom is 0.255 e. The number of hydrogen-bond acceptors (Lipinski definition) is 4. The Kier molecular flexibility index (Phi) is 3.63. The maximum absolute atomic E-state index is 12.5. The molecule has 2 aliphatic heterocycles. The third-order valence-electron chi connectivity index (χ3n) is 4.06. The number of likely N-dealkylation sites (tertiary alicyclic amines) is 1. The van der Waals surface area contributed by atoms with Gasteiger partial charge in [0.05, 0.1) is 17.7 Å². The lowest BCUT2D eigenvalue weighted by atomic mass is 10.1. The van der Waals surface area contributed by atoms with Crippen LogP contribution >= 0.6 is 0 Å². The van der Waals surface area contributed by atoms with Gasteiger partial charge in [0.1, 0.15) is 6.61 Å². The molecule has 1 aromatic heterocycles. The van der Waals surface area contributed by atoms with E-state index in [9.17, 15) is 9.59 Å². The summed E-state index contributed by atoms with van der Waals surface area (Å²) in [6.07, 6.45) is 3.12. The number of ether oxygens (including phenoxy) is 1. The second-order valence-corrected chi connectivity index (χ2v) is 5.76. The average molecular weight is 289 g/mol. The molecule has 0 radical (unpaired) electrons.